The van der Waals surface area contributed by atoms with Crippen LogP contribution in [0.3, 0.4) is 0 Å². The molecule has 43 heavy (non-hydrogen) atoms. The second-order valence-corrected chi connectivity index (χ2v) is 12.1. The summed E-state index contributed by atoms with van der Waals surface area (Å²) in [6.45, 7) is -0.477. The number of rotatable bonds is 10. The fourth-order valence-corrected chi connectivity index (χ4v) is 7.07. The standard InChI is InChI=1S/C25H22N6O9S3/c26-25-27-15(10-43-25)18(29-40-7-12-5-16(33)17(34)6-30(12)39)21(35)28-19-22(36)31-20(24(37)38)11(9-42-23(19)31)8-41-14-3-1-13(32)2-4-14/h1-6,10,19,23,32,34,39H,7-9H2,(H2,26,27)(H,28,35)(H,37,38)/t19-,23-/m1/s1. The Morgan fingerprint density at radius 1 is 1.23 bits per heavy atom. The first-order chi connectivity index (χ1) is 20.5. The second-order valence-electron chi connectivity index (χ2n) is 9.04. The van der Waals surface area contributed by atoms with E-state index in [4.69, 9.17) is 10.6 Å². The molecule has 7 N–H and O–H groups in total. The van der Waals surface area contributed by atoms with E-state index in [-0.39, 0.29) is 33.7 Å². The number of carboxylic acids is 1. The molecule has 0 bridgehead atoms. The van der Waals surface area contributed by atoms with E-state index in [1.165, 1.54) is 41.0 Å². The van der Waals surface area contributed by atoms with Crippen molar-refractivity contribution in [1.29, 1.82) is 0 Å². The lowest BCUT2D eigenvalue weighted by Gasteiger charge is -2.49. The van der Waals surface area contributed by atoms with Gasteiger partial charge in [-0.25, -0.2) is 9.78 Å². The molecular formula is C25H22N6O9S3. The van der Waals surface area contributed by atoms with Crippen molar-refractivity contribution in [3.63, 3.8) is 0 Å². The summed E-state index contributed by atoms with van der Waals surface area (Å²) < 4.78 is 0.458. The van der Waals surface area contributed by atoms with Crippen molar-refractivity contribution in [2.24, 2.45) is 5.16 Å². The predicted molar refractivity (Wildman–Crippen MR) is 156 cm³/mol. The molecule has 1 fully saturated rings. The van der Waals surface area contributed by atoms with Gasteiger partial charge in [-0.15, -0.1) is 34.9 Å². The van der Waals surface area contributed by atoms with Crippen LogP contribution in [-0.4, -0.2) is 81.6 Å². The Hall–Kier alpha value is -4.68. The van der Waals surface area contributed by atoms with Crippen LogP contribution in [-0.2, 0) is 25.8 Å². The maximum absolute atomic E-state index is 13.3. The molecule has 3 aromatic rings. The Bertz CT molecular complexity index is 1720. The van der Waals surface area contributed by atoms with Crippen molar-refractivity contribution >= 4 is 63.5 Å². The minimum atomic E-state index is -1.27. The lowest BCUT2D eigenvalue weighted by molar-refractivity contribution is -0.150. The Morgan fingerprint density at radius 2 is 1.98 bits per heavy atom. The van der Waals surface area contributed by atoms with Crippen LogP contribution in [0.4, 0.5) is 5.13 Å². The van der Waals surface area contributed by atoms with E-state index in [1.54, 1.807) is 12.1 Å². The third kappa shape index (κ3) is 6.25. The number of nitrogen functional groups attached to an aromatic ring is 1. The molecule has 5 rings (SSSR count). The van der Waals surface area contributed by atoms with Gasteiger partial charge in [0.25, 0.3) is 11.8 Å². The highest BCUT2D eigenvalue weighted by atomic mass is 32.2. The van der Waals surface area contributed by atoms with Crippen molar-refractivity contribution in [3.05, 3.63) is 74.8 Å². The van der Waals surface area contributed by atoms with Gasteiger partial charge in [-0.3, -0.25) is 19.3 Å². The number of phenolic OH excluding ortho intramolecular Hbond substituents is 1. The number of thioether (sulfide) groups is 2. The molecular weight excluding hydrogens is 625 g/mol. The number of β-lactam (4-membered cyclic amide) rings is 1. The number of aromatic nitrogens is 2. The van der Waals surface area contributed by atoms with Gasteiger partial charge >= 0.3 is 5.97 Å². The fraction of sp³-hybridized carbons (Fsp3) is 0.200. The second kappa shape index (κ2) is 12.3. The molecule has 2 atom stereocenters. The molecule has 224 valence electrons. The summed E-state index contributed by atoms with van der Waals surface area (Å²) in [4.78, 5) is 61.5. The van der Waals surface area contributed by atoms with Crippen LogP contribution in [0.15, 0.2) is 68.0 Å². The highest BCUT2D eigenvalue weighted by molar-refractivity contribution is 8.01. The zero-order chi connectivity index (χ0) is 30.8. The lowest BCUT2D eigenvalue weighted by Crippen LogP contribution is -2.71. The van der Waals surface area contributed by atoms with Crippen LogP contribution in [0.1, 0.15) is 11.4 Å². The number of hydrogen-bond donors (Lipinski definition) is 6. The zero-order valence-electron chi connectivity index (χ0n) is 21.7. The number of nitrogens with one attached hydrogen (secondary N) is 1. The Morgan fingerprint density at radius 3 is 2.65 bits per heavy atom. The summed E-state index contributed by atoms with van der Waals surface area (Å²) in [6.07, 6.45) is 0.770. The number of thiazole rings is 1. The number of hydrogen-bond acceptors (Lipinski definition) is 14. The summed E-state index contributed by atoms with van der Waals surface area (Å²) >= 11 is 3.68. The van der Waals surface area contributed by atoms with Crippen molar-refractivity contribution in [1.82, 2.24) is 19.9 Å². The normalized spacial score (nSPS) is 18.2. The molecule has 15 nitrogen and oxygen atoms in total. The van der Waals surface area contributed by atoms with Gasteiger partial charge in [-0.05, 0) is 29.8 Å². The Balaban J connectivity index is 1.30. The molecule has 0 aliphatic carbocycles. The lowest BCUT2D eigenvalue weighted by atomic mass is 10.0. The summed E-state index contributed by atoms with van der Waals surface area (Å²) in [5.74, 6) is -2.72. The number of nitrogens with zero attached hydrogens (tertiary/aromatic N) is 4. The van der Waals surface area contributed by atoms with Crippen LogP contribution in [0.2, 0.25) is 0 Å². The number of anilines is 1. The van der Waals surface area contributed by atoms with E-state index >= 15 is 0 Å². The maximum atomic E-state index is 13.3. The number of nitrogens with two attached hydrogens (primary N) is 1. The number of aliphatic carboxylic acids is 1. The topological polar surface area (TPSA) is 230 Å². The number of benzene rings is 1. The highest BCUT2D eigenvalue weighted by Gasteiger charge is 2.54. The molecule has 18 heteroatoms. The van der Waals surface area contributed by atoms with Crippen LogP contribution < -0.4 is 16.5 Å². The molecule has 0 spiro atoms. The predicted octanol–water partition coefficient (Wildman–Crippen LogP) is 0.987. The van der Waals surface area contributed by atoms with Gasteiger partial charge in [-0.1, -0.05) is 5.16 Å². The van der Waals surface area contributed by atoms with E-state index in [1.807, 2.05) is 0 Å². The molecule has 1 aromatic carbocycles. The third-order valence-electron chi connectivity index (χ3n) is 6.22. The summed E-state index contributed by atoms with van der Waals surface area (Å²) in [5.41, 5.74) is 4.93. The van der Waals surface area contributed by atoms with Crippen molar-refractivity contribution < 1.29 is 39.7 Å². The molecule has 2 aliphatic rings. The van der Waals surface area contributed by atoms with Gasteiger partial charge < -0.3 is 36.4 Å². The average molecular weight is 647 g/mol. The van der Waals surface area contributed by atoms with E-state index in [0.717, 1.165) is 33.4 Å². The van der Waals surface area contributed by atoms with Crippen LogP contribution in [0, 0.1) is 0 Å². The van der Waals surface area contributed by atoms with E-state index in [0.29, 0.717) is 21.8 Å². The minimum absolute atomic E-state index is 0.0340. The fourth-order valence-electron chi connectivity index (χ4n) is 4.14. The average Bonchev–Trinajstić information content (AvgIpc) is 3.41. The monoisotopic (exact) mass is 646 g/mol. The highest BCUT2D eigenvalue weighted by Crippen LogP contribution is 2.41. The number of amides is 2. The molecule has 2 aliphatic heterocycles. The summed E-state index contributed by atoms with van der Waals surface area (Å²) in [7, 11) is 0. The van der Waals surface area contributed by atoms with Gasteiger partial charge in [0.2, 0.25) is 5.43 Å². The van der Waals surface area contributed by atoms with Crippen LogP contribution >= 0.6 is 34.9 Å². The molecule has 0 radical (unpaired) electrons. The first-order valence-electron chi connectivity index (χ1n) is 12.2. The smallest absolute Gasteiger partial charge is 0.352 e. The van der Waals surface area contributed by atoms with E-state index in [2.05, 4.69) is 15.5 Å². The van der Waals surface area contributed by atoms with Crippen molar-refractivity contribution in [2.45, 2.75) is 22.9 Å². The number of pyridine rings is 1. The summed E-state index contributed by atoms with van der Waals surface area (Å²) in [6, 6.07) is 6.29. The number of phenols is 1. The number of carboxylic acid groups (broad SMARTS) is 1. The molecule has 0 unspecified atom stereocenters. The minimum Gasteiger partial charge on any atom is -0.508 e. The third-order valence-corrected chi connectivity index (χ3v) is 9.33. The number of carbonyl (C=O) groups is 3. The number of carbonyl (C=O) groups excluding carboxylic acids is 2. The van der Waals surface area contributed by atoms with Gasteiger partial charge in [0, 0.05) is 27.8 Å². The van der Waals surface area contributed by atoms with Crippen LogP contribution in [0.5, 0.6) is 11.5 Å². The van der Waals surface area contributed by atoms with Crippen molar-refractivity contribution in [3.8, 4) is 11.5 Å². The number of fused-ring (bicyclic) bond motifs is 1. The number of aromatic hydroxyl groups is 2. The molecule has 4 heterocycles. The largest absolute Gasteiger partial charge is 0.508 e. The van der Waals surface area contributed by atoms with E-state index in [9.17, 15) is 39.7 Å². The SMILES string of the molecule is Nc1nc(C(=NOCc2cc(=O)c(O)cn2O)C(=O)N[C@@H]2C(=O)N3C(C(=O)O)=C(CSc4ccc(O)cc4)CS[C@H]23)cs1. The van der Waals surface area contributed by atoms with Gasteiger partial charge in [0.1, 0.15) is 34.3 Å². The van der Waals surface area contributed by atoms with E-state index < -0.39 is 47.0 Å². The van der Waals surface area contributed by atoms with Crippen LogP contribution in [0.25, 0.3) is 0 Å². The Kier molecular flexibility index (Phi) is 8.51. The zero-order valence-corrected chi connectivity index (χ0v) is 24.2. The quantitative estimate of drug-likeness (QED) is 0.0594. The molecule has 1 saturated heterocycles. The van der Waals surface area contributed by atoms with Gasteiger partial charge in [-0.2, -0.15) is 4.73 Å². The molecule has 2 amide bonds. The van der Waals surface area contributed by atoms with Gasteiger partial charge in [0.05, 0.1) is 6.20 Å². The maximum Gasteiger partial charge on any atom is 0.352 e. The Labute approximate surface area is 254 Å². The van der Waals surface area contributed by atoms with Gasteiger partial charge in [0.15, 0.2) is 23.2 Å². The van der Waals surface area contributed by atoms with Crippen molar-refractivity contribution in [2.75, 3.05) is 17.2 Å². The molecule has 0 saturated carbocycles. The molecule has 2 aromatic heterocycles. The number of oxime groups is 1. The first kappa shape index (κ1) is 29.8. The summed E-state index contributed by atoms with van der Waals surface area (Å²) in [5, 5.41) is 45.9. The first-order valence-corrected chi connectivity index (χ1v) is 15.1.